The van der Waals surface area contributed by atoms with Crippen molar-refractivity contribution in [2.75, 3.05) is 13.2 Å². The summed E-state index contributed by atoms with van der Waals surface area (Å²) in [6.45, 7) is 19.5. The summed E-state index contributed by atoms with van der Waals surface area (Å²) in [7, 11) is -5.06. The van der Waals surface area contributed by atoms with E-state index in [9.17, 15) is 53.2 Å². The Labute approximate surface area is 541 Å². The largest absolute Gasteiger partial charge is 0.685 e. The number of amides is 7. The van der Waals surface area contributed by atoms with E-state index in [1.165, 1.54) is 13.3 Å². The molecule has 0 spiro atoms. The third kappa shape index (κ3) is 14.0. The predicted octanol–water partition coefficient (Wildman–Crippen LogP) is 4.85. The van der Waals surface area contributed by atoms with Crippen LogP contribution in [-0.4, -0.2) is 133 Å². The van der Waals surface area contributed by atoms with E-state index >= 15 is 0 Å². The van der Waals surface area contributed by atoms with E-state index in [1.807, 2.05) is 87.4 Å². The van der Waals surface area contributed by atoms with Gasteiger partial charge in [-0.2, -0.15) is 17.1 Å². The van der Waals surface area contributed by atoms with Crippen LogP contribution in [0.25, 0.3) is 32.3 Å². The van der Waals surface area contributed by atoms with Crippen molar-refractivity contribution in [3.63, 3.8) is 0 Å². The first kappa shape index (κ1) is 72.5. The minimum atomic E-state index is -5.06. The molecule has 2 aromatic rings. The zero-order chi connectivity index (χ0) is 66.7. The van der Waals surface area contributed by atoms with Gasteiger partial charge in [-0.05, 0) is 129 Å². The maximum atomic E-state index is 14.4. The molecule has 16 N–H and O–H groups in total. The Morgan fingerprint density at radius 3 is 1.90 bits per heavy atom. The molecule has 18 atom stereocenters. The van der Waals surface area contributed by atoms with Gasteiger partial charge in [0.25, 0.3) is 0 Å². The molecule has 5 fully saturated rings. The topological polar surface area (TPSA) is 467 Å². The quantitative estimate of drug-likeness (QED) is 0.0563. The third-order valence-electron chi connectivity index (χ3n) is 21.2. The second-order valence-corrected chi connectivity index (χ2v) is 28.9. The molecule has 5 saturated heterocycles. The number of phosphoric acid groups is 1. The summed E-state index contributed by atoms with van der Waals surface area (Å²) >= 11 is 0. The molecule has 7 amide bonds. The normalized spacial score (nSPS) is 36.3. The summed E-state index contributed by atoms with van der Waals surface area (Å²) in [5.74, 6) is -6.86. The molecule has 1 radical (unpaired) electrons. The molecule has 29 heteroatoms. The smallest absolute Gasteiger partial charge is 0.472 e. The van der Waals surface area contributed by atoms with E-state index in [0.717, 1.165) is 11.1 Å². The number of imidazole rings is 1. The van der Waals surface area contributed by atoms with Crippen LogP contribution >= 0.6 is 7.82 Å². The number of aliphatic hydroxyl groups excluding tert-OH is 2. The molecule has 18 unspecified atom stereocenters. The van der Waals surface area contributed by atoms with Gasteiger partial charge < -0.3 is 85.4 Å². The molecule has 8 rings (SSSR count). The van der Waals surface area contributed by atoms with Crippen LogP contribution in [-0.2, 0) is 68.7 Å². The minimum absolute atomic E-state index is 0. The molecule has 0 aliphatic carbocycles. The summed E-state index contributed by atoms with van der Waals surface area (Å²) in [6.07, 6.45) is -3.96. The van der Waals surface area contributed by atoms with Crippen LogP contribution in [0, 0.1) is 59.2 Å². The summed E-state index contributed by atoms with van der Waals surface area (Å²) in [5.41, 5.74) is 36.2. The molecule has 27 nitrogen and oxygen atoms in total. The van der Waals surface area contributed by atoms with Crippen LogP contribution in [0.4, 0.5) is 0 Å². The number of aryl methyl sites for hydroxylation is 2. The number of aromatic nitrogens is 2. The third-order valence-corrected chi connectivity index (χ3v) is 22.3. The minimum Gasteiger partial charge on any atom is -0.685 e. The Hall–Kier alpha value is -5.94. The van der Waals surface area contributed by atoms with E-state index in [-0.39, 0.29) is 94.0 Å². The number of carbonyl (C=O) groups excluding carboxylic acids is 7. The Morgan fingerprint density at radius 1 is 0.747 bits per heavy atom. The van der Waals surface area contributed by atoms with Crippen molar-refractivity contribution in [1.82, 2.24) is 14.9 Å². The second-order valence-electron chi connectivity index (χ2n) is 27.5. The molecule has 0 saturated carbocycles. The summed E-state index contributed by atoms with van der Waals surface area (Å²) < 4.78 is 32.3. The van der Waals surface area contributed by atoms with Crippen molar-refractivity contribution in [3.05, 3.63) is 85.2 Å². The maximum absolute atomic E-state index is 14.4. The average Bonchev–Trinajstić information content (AvgIpc) is 1.53. The zero-order valence-electron chi connectivity index (χ0n) is 53.8. The first-order valence-electron chi connectivity index (χ1n) is 30.9. The van der Waals surface area contributed by atoms with E-state index in [2.05, 4.69) is 10.3 Å². The van der Waals surface area contributed by atoms with Gasteiger partial charge in [-0.15, -0.1) is 34.8 Å². The molecule has 6 aliphatic rings. The van der Waals surface area contributed by atoms with Crippen LogP contribution < -0.4 is 39.7 Å². The fourth-order valence-electron chi connectivity index (χ4n) is 16.1. The Bertz CT molecular complexity index is 3340. The van der Waals surface area contributed by atoms with Gasteiger partial charge in [0.1, 0.15) is 18.3 Å². The molecule has 1 aromatic carbocycles. The number of primary amides is 6. The van der Waals surface area contributed by atoms with Crippen LogP contribution in [0.5, 0.6) is 0 Å². The summed E-state index contributed by atoms with van der Waals surface area (Å²) in [6, 6.07) is 0.417. The van der Waals surface area contributed by atoms with E-state index in [1.54, 1.807) is 4.57 Å². The monoisotopic (exact) mass is 1330 g/mol. The van der Waals surface area contributed by atoms with E-state index < -0.39 is 161 Å². The Balaban J connectivity index is 0.0000118. The number of nitrogens with zero attached hydrogens (tertiary/aromatic N) is 6. The number of benzene rings is 1. The maximum Gasteiger partial charge on any atom is 0.472 e. The number of nitrogens with one attached hydrogen (secondary N) is 1. The molecule has 1 aromatic heterocycles. The molecule has 6 aliphatic heterocycles. The fourth-order valence-corrected chi connectivity index (χ4v) is 17.3. The van der Waals surface area contributed by atoms with Crippen molar-refractivity contribution in [3.8, 4) is 0 Å². The number of allylic oxidation sites excluding steroid dienone is 3. The van der Waals surface area contributed by atoms with Crippen LogP contribution in [0.2, 0.25) is 0 Å². The molecule has 7 heterocycles. The number of phosphoric ester groups is 1. The first-order chi connectivity index (χ1) is 41.8. The van der Waals surface area contributed by atoms with Gasteiger partial charge in [0, 0.05) is 68.3 Å². The number of carbonyl (C=O) groups is 7. The van der Waals surface area contributed by atoms with Gasteiger partial charge in [-0.3, -0.25) is 42.6 Å². The molecule has 91 heavy (non-hydrogen) atoms. The van der Waals surface area contributed by atoms with Gasteiger partial charge in [-0.1, -0.05) is 53.6 Å². The van der Waals surface area contributed by atoms with E-state index in [4.69, 9.17) is 69.5 Å². The van der Waals surface area contributed by atoms with Gasteiger partial charge >= 0.3 is 7.82 Å². The Morgan fingerprint density at radius 2 is 1.32 bits per heavy atom. The zero-order valence-corrected chi connectivity index (χ0v) is 55.7. The van der Waals surface area contributed by atoms with Crippen molar-refractivity contribution < 1.29 is 83.8 Å². The summed E-state index contributed by atoms with van der Waals surface area (Å²) in [4.78, 5) is 109. The van der Waals surface area contributed by atoms with Gasteiger partial charge in [0.15, 0.2) is 6.23 Å². The number of hydrogen-bond donors (Lipinski definition) is 10. The van der Waals surface area contributed by atoms with Crippen molar-refractivity contribution in [2.24, 2.45) is 79.7 Å². The predicted molar refractivity (Wildman–Crippen MR) is 333 cm³/mol. The van der Waals surface area contributed by atoms with Crippen LogP contribution in [0.1, 0.15) is 150 Å². The number of nitrogens with two attached hydrogens (primary N) is 6. The van der Waals surface area contributed by atoms with Gasteiger partial charge in [0.2, 0.25) is 41.4 Å². The number of fused-ring (bicyclic) bond motifs is 10. The van der Waals surface area contributed by atoms with Crippen LogP contribution in [0.15, 0.2) is 52.8 Å². The standard InChI is InChI=1S/C62H92N13O14P.Co/c1-29-20-39-40(21-30(29)2)75(28-70-39)57-52(84)53(41(27-76)87-57)89-90(85,86)88-31(3)26-69-49(83)18-19-59(8)37(22-46(66)80)56-62(11)61(10,25-48(68)82)36(14-17-45(65)79)51(74-62)33(5)55-60(9,24-47(67)81)34(12-15-43(63)77)38(71-55)23-42-58(6,7)35(13-16-44(64)78)50(72-42)32(4)54(59)73-56;/h20-21,23,28,31,34-38,41,50-53,56-57,76,84H,12-19,22,24-27H2,1-11H3,(H2,63,77)(H2,64,78)(H2,65,79)(H2,66,80)(H2,67,81)(H2,68,82)(H,69,83)(H,85,86);/q-4;/b42-23-,54-32-,55-33-;. The number of ether oxygens (including phenoxy) is 1. The molecule has 8 bridgehead atoms. The summed E-state index contributed by atoms with van der Waals surface area (Å²) in [5, 5.41) is 46.9. The number of hydrogen-bond acceptors (Lipinski definition) is 14. The molecular weight excluding hydrogens is 1240 g/mol. The number of aliphatic hydroxyl groups is 2. The first-order valence-corrected chi connectivity index (χ1v) is 32.4. The fraction of sp³-hybridized carbons (Fsp3) is 0.677. The SMILES string of the molecule is C/C1=C2/[N-]C(C(CC(N)=O)C2(C)CCC(=O)NCC(C)OP(=O)(O)OC2C(CO)OC(n3cnc4cc(C)c(C)cc43)C2O)C2(C)[N-]C(/C(C)=C3\[N-]C(/C=C4\[N-]C1C(CCC(N)=O)C4(C)C)C(CCC(N)=O)C3(C)CC(N)=O)C(CCC(N)=O)C2(C)CC(N)=O.[Co]. The second kappa shape index (κ2) is 27.2. The van der Waals surface area contributed by atoms with Crippen molar-refractivity contribution in [1.29, 1.82) is 0 Å². The van der Waals surface area contributed by atoms with E-state index in [0.29, 0.717) is 39.3 Å². The Kier molecular flexibility index (Phi) is 21.7. The average molecular weight is 1330 g/mol. The molecular formula is C62H92CoN13O14P-4. The van der Waals surface area contributed by atoms with Gasteiger partial charge in [0.05, 0.1) is 30.1 Å². The number of rotatable bonds is 26. The van der Waals surface area contributed by atoms with Crippen molar-refractivity contribution >= 4 is 60.2 Å². The van der Waals surface area contributed by atoms with Gasteiger partial charge in [-0.25, -0.2) is 9.55 Å². The van der Waals surface area contributed by atoms with Crippen LogP contribution in [0.3, 0.4) is 0 Å². The van der Waals surface area contributed by atoms with Crippen molar-refractivity contribution in [2.45, 2.75) is 207 Å². The molecule has 507 valence electrons.